The normalized spacial score (nSPS) is 14.8. The molecule has 0 atom stereocenters. The fourth-order valence-electron chi connectivity index (χ4n) is 10.4. The van der Waals surface area contributed by atoms with Crippen LogP contribution in [0.4, 0.5) is 0 Å². The van der Waals surface area contributed by atoms with Gasteiger partial charge in [0.25, 0.3) is 0 Å². The summed E-state index contributed by atoms with van der Waals surface area (Å²) in [6.07, 6.45) is 0. The van der Waals surface area contributed by atoms with Crippen LogP contribution in [-0.2, 0) is 10.8 Å². The lowest BCUT2D eigenvalue weighted by atomic mass is 9.67. The Morgan fingerprint density at radius 2 is 1.04 bits per heavy atom. The highest BCUT2D eigenvalue weighted by molar-refractivity contribution is 6.28. The Bertz CT molecular complexity index is 3140. The first-order chi connectivity index (χ1) is 26.5. The van der Waals surface area contributed by atoms with Crippen LogP contribution in [0, 0.1) is 0 Å². The Morgan fingerprint density at radius 3 is 1.80 bits per heavy atom. The molecule has 0 fully saturated rings. The lowest BCUT2D eigenvalue weighted by molar-refractivity contribution is 0.647. The van der Waals surface area contributed by atoms with Gasteiger partial charge in [-0.1, -0.05) is 147 Å². The summed E-state index contributed by atoms with van der Waals surface area (Å²) < 4.78 is 9.23. The van der Waals surface area contributed by atoms with Gasteiger partial charge in [0.15, 0.2) is 0 Å². The van der Waals surface area contributed by atoms with Crippen LogP contribution < -0.4 is 0 Å². The average molecular weight is 690 g/mol. The Hall–Kier alpha value is -6.64. The summed E-state index contributed by atoms with van der Waals surface area (Å²) in [6, 6.07) is 65.1. The molecule has 0 spiro atoms. The molecule has 0 saturated carbocycles. The van der Waals surface area contributed by atoms with E-state index in [1.807, 2.05) is 0 Å². The van der Waals surface area contributed by atoms with Crippen LogP contribution >= 0.6 is 0 Å². The van der Waals surface area contributed by atoms with E-state index in [0.717, 1.165) is 16.9 Å². The molecule has 0 bridgehead atoms. The van der Waals surface area contributed by atoms with Crippen LogP contribution in [-0.4, -0.2) is 4.57 Å². The van der Waals surface area contributed by atoms with E-state index in [1.165, 1.54) is 88.2 Å². The summed E-state index contributed by atoms with van der Waals surface area (Å²) in [5.74, 6) is 0. The number of furan rings is 1. The number of fused-ring (bicyclic) bond motifs is 13. The molecule has 0 saturated heterocycles. The van der Waals surface area contributed by atoms with Gasteiger partial charge in [0, 0.05) is 32.6 Å². The zero-order valence-electron chi connectivity index (χ0n) is 30.1. The average Bonchev–Trinajstić information content (AvgIpc) is 3.91. The van der Waals surface area contributed by atoms with Gasteiger partial charge in [-0.15, -0.1) is 0 Å². The number of para-hydroxylation sites is 1. The van der Waals surface area contributed by atoms with Crippen LogP contribution in [0.2, 0.25) is 0 Å². The van der Waals surface area contributed by atoms with Gasteiger partial charge < -0.3 is 8.98 Å². The van der Waals surface area contributed by atoms with E-state index in [1.54, 1.807) is 0 Å². The highest BCUT2D eigenvalue weighted by Crippen LogP contribution is 2.57. The Morgan fingerprint density at radius 1 is 0.407 bits per heavy atom. The Balaban J connectivity index is 1.16. The molecule has 0 unspecified atom stereocenters. The molecule has 0 aliphatic heterocycles. The van der Waals surface area contributed by atoms with Gasteiger partial charge in [-0.3, -0.25) is 0 Å². The van der Waals surface area contributed by atoms with Crippen LogP contribution in [0.15, 0.2) is 180 Å². The number of rotatable bonds is 3. The highest BCUT2D eigenvalue weighted by Gasteiger charge is 2.46. The van der Waals surface area contributed by atoms with Crippen molar-refractivity contribution in [1.82, 2.24) is 4.57 Å². The van der Waals surface area contributed by atoms with E-state index < -0.39 is 5.41 Å². The molecule has 0 amide bonds. The SMILES string of the molecule is CC1(C)c2ccccc2-c2cc3c(cc21)oc1ccc2c(c4ccccc4n2-c2ccc4c(c2)C(c2ccccc2)(c2ccccc2)c2ccccc2-4)c13. The largest absolute Gasteiger partial charge is 0.456 e. The molecule has 12 rings (SSSR count). The number of hydrogen-bond acceptors (Lipinski definition) is 1. The summed E-state index contributed by atoms with van der Waals surface area (Å²) in [7, 11) is 0. The minimum Gasteiger partial charge on any atom is -0.456 e. The summed E-state index contributed by atoms with van der Waals surface area (Å²) in [5, 5.41) is 4.80. The van der Waals surface area contributed by atoms with Gasteiger partial charge in [-0.25, -0.2) is 0 Å². The third-order valence-electron chi connectivity index (χ3n) is 12.7. The van der Waals surface area contributed by atoms with E-state index in [4.69, 9.17) is 4.42 Å². The third kappa shape index (κ3) is 3.65. The highest BCUT2D eigenvalue weighted by atomic mass is 16.3. The molecule has 254 valence electrons. The quantitative estimate of drug-likeness (QED) is 0.181. The molecule has 0 N–H and O–H groups in total. The first kappa shape index (κ1) is 29.9. The van der Waals surface area contributed by atoms with Crippen molar-refractivity contribution < 1.29 is 4.42 Å². The number of aromatic nitrogens is 1. The van der Waals surface area contributed by atoms with Crippen molar-refractivity contribution in [2.75, 3.05) is 0 Å². The summed E-state index contributed by atoms with van der Waals surface area (Å²) in [4.78, 5) is 0. The summed E-state index contributed by atoms with van der Waals surface area (Å²) >= 11 is 0. The molecule has 2 heterocycles. The molecule has 0 radical (unpaired) electrons. The zero-order chi connectivity index (χ0) is 35.8. The van der Waals surface area contributed by atoms with E-state index in [9.17, 15) is 0 Å². The zero-order valence-corrected chi connectivity index (χ0v) is 30.1. The molecule has 8 aromatic carbocycles. The lowest BCUT2D eigenvalue weighted by Crippen LogP contribution is -2.28. The third-order valence-corrected chi connectivity index (χ3v) is 12.7. The maximum Gasteiger partial charge on any atom is 0.136 e. The van der Waals surface area contributed by atoms with Gasteiger partial charge in [0.1, 0.15) is 11.2 Å². The van der Waals surface area contributed by atoms with E-state index in [-0.39, 0.29) is 5.41 Å². The number of hydrogen-bond donors (Lipinski definition) is 0. The fraction of sp³-hybridized carbons (Fsp3) is 0.0769. The molecule has 54 heavy (non-hydrogen) atoms. The maximum absolute atomic E-state index is 6.75. The first-order valence-corrected chi connectivity index (χ1v) is 18.9. The summed E-state index contributed by atoms with van der Waals surface area (Å²) in [6.45, 7) is 4.66. The molecule has 2 aliphatic carbocycles. The first-order valence-electron chi connectivity index (χ1n) is 18.9. The van der Waals surface area contributed by atoms with Gasteiger partial charge in [-0.05, 0) is 98.1 Å². The molecule has 2 aromatic heterocycles. The van der Waals surface area contributed by atoms with Crippen LogP contribution in [0.5, 0.6) is 0 Å². The van der Waals surface area contributed by atoms with Crippen molar-refractivity contribution in [1.29, 1.82) is 0 Å². The minimum absolute atomic E-state index is 0.0909. The van der Waals surface area contributed by atoms with Crippen LogP contribution in [0.25, 0.3) is 71.7 Å². The Labute approximate surface area is 313 Å². The van der Waals surface area contributed by atoms with Crippen molar-refractivity contribution in [2.45, 2.75) is 24.7 Å². The molecular formula is C52H35NO. The second kappa shape index (κ2) is 10.5. The minimum atomic E-state index is -0.471. The van der Waals surface area contributed by atoms with Gasteiger partial charge in [0.2, 0.25) is 0 Å². The van der Waals surface area contributed by atoms with E-state index >= 15 is 0 Å². The van der Waals surface area contributed by atoms with Crippen LogP contribution in [0.3, 0.4) is 0 Å². The number of nitrogens with zero attached hydrogens (tertiary/aromatic N) is 1. The van der Waals surface area contributed by atoms with Crippen molar-refractivity contribution in [3.63, 3.8) is 0 Å². The predicted octanol–water partition coefficient (Wildman–Crippen LogP) is 13.4. The molecule has 2 aliphatic rings. The van der Waals surface area contributed by atoms with Crippen molar-refractivity contribution in [2.24, 2.45) is 0 Å². The van der Waals surface area contributed by atoms with E-state index in [0.29, 0.717) is 0 Å². The molecule has 2 nitrogen and oxygen atoms in total. The fourth-order valence-corrected chi connectivity index (χ4v) is 10.4. The topological polar surface area (TPSA) is 18.1 Å². The number of benzene rings is 8. The van der Waals surface area contributed by atoms with Crippen LogP contribution in [0.1, 0.15) is 47.2 Å². The summed E-state index contributed by atoms with van der Waals surface area (Å²) in [5.41, 5.74) is 17.9. The molecule has 10 aromatic rings. The smallest absolute Gasteiger partial charge is 0.136 e. The predicted molar refractivity (Wildman–Crippen MR) is 223 cm³/mol. The monoisotopic (exact) mass is 689 g/mol. The van der Waals surface area contributed by atoms with Gasteiger partial charge >= 0.3 is 0 Å². The maximum atomic E-state index is 6.75. The second-order valence-corrected chi connectivity index (χ2v) is 15.6. The lowest BCUT2D eigenvalue weighted by Gasteiger charge is -2.34. The van der Waals surface area contributed by atoms with Crippen molar-refractivity contribution in [3.05, 3.63) is 209 Å². The second-order valence-electron chi connectivity index (χ2n) is 15.6. The van der Waals surface area contributed by atoms with Crippen molar-refractivity contribution >= 4 is 43.7 Å². The van der Waals surface area contributed by atoms with Gasteiger partial charge in [0.05, 0.1) is 16.4 Å². The molecule has 2 heteroatoms. The Kier molecular flexibility index (Phi) is 5.81. The standard InChI is InChI=1S/C52H35NO/c1-51(2)41-22-12-9-20-36(41)39-30-40-48(31-43(39)51)54-47-28-27-46-49(50(40)47)38-21-11-14-24-45(38)53(46)34-25-26-37-35-19-10-13-23-42(35)52(44(37)29-34,32-15-5-3-6-16-32)33-17-7-4-8-18-33/h3-31H,1-2H3. The van der Waals surface area contributed by atoms with Crippen molar-refractivity contribution in [3.8, 4) is 27.9 Å². The van der Waals surface area contributed by atoms with E-state index in [2.05, 4.69) is 194 Å². The molecular weight excluding hydrogens is 655 g/mol. The van der Waals surface area contributed by atoms with Gasteiger partial charge in [-0.2, -0.15) is 0 Å².